The molecular formula is C14H25N3S. The van der Waals surface area contributed by atoms with Crippen LogP contribution in [0, 0.1) is 0 Å². The lowest BCUT2D eigenvalue weighted by Gasteiger charge is -2.18. The van der Waals surface area contributed by atoms with Gasteiger partial charge in [0.1, 0.15) is 0 Å². The first-order chi connectivity index (χ1) is 8.43. The summed E-state index contributed by atoms with van der Waals surface area (Å²) >= 11 is 1.86. The number of anilines is 1. The van der Waals surface area contributed by atoms with Crippen molar-refractivity contribution in [2.45, 2.75) is 58.5 Å². The summed E-state index contributed by atoms with van der Waals surface area (Å²) in [5.41, 5.74) is 1.39. The molecule has 0 spiro atoms. The average molecular weight is 267 g/mol. The van der Waals surface area contributed by atoms with E-state index in [4.69, 9.17) is 4.98 Å². The molecule has 1 heterocycles. The summed E-state index contributed by atoms with van der Waals surface area (Å²) in [6.07, 6.45) is 2.65. The Morgan fingerprint density at radius 1 is 1.39 bits per heavy atom. The van der Waals surface area contributed by atoms with Crippen LogP contribution in [0.4, 0.5) is 5.13 Å². The Morgan fingerprint density at radius 2 is 2.06 bits per heavy atom. The van der Waals surface area contributed by atoms with Gasteiger partial charge < -0.3 is 10.2 Å². The van der Waals surface area contributed by atoms with Crippen molar-refractivity contribution >= 4 is 16.5 Å². The standard InChI is InChI=1S/C14H25N3S/c1-6-15-9-11-12(14(2,3)4)16-13(18-11)17(5)10-7-8-10/h10,15H,6-9H2,1-5H3. The number of nitrogens with one attached hydrogen (secondary N) is 1. The Morgan fingerprint density at radius 3 is 2.56 bits per heavy atom. The third-order valence-electron chi connectivity index (χ3n) is 3.33. The molecule has 0 unspecified atom stereocenters. The van der Waals surface area contributed by atoms with Gasteiger partial charge in [-0.25, -0.2) is 4.98 Å². The number of hydrogen-bond acceptors (Lipinski definition) is 4. The van der Waals surface area contributed by atoms with Gasteiger partial charge in [0.05, 0.1) is 5.69 Å². The fourth-order valence-corrected chi connectivity index (χ4v) is 3.33. The summed E-state index contributed by atoms with van der Waals surface area (Å²) < 4.78 is 0. The highest BCUT2D eigenvalue weighted by atomic mass is 32.1. The zero-order valence-corrected chi connectivity index (χ0v) is 13.0. The average Bonchev–Trinajstić information content (AvgIpc) is 3.04. The van der Waals surface area contributed by atoms with Crippen LogP contribution in [0.25, 0.3) is 0 Å². The second kappa shape index (κ2) is 5.17. The molecular weight excluding hydrogens is 242 g/mol. The van der Waals surface area contributed by atoms with Gasteiger partial charge in [-0.2, -0.15) is 0 Å². The lowest BCUT2D eigenvalue weighted by molar-refractivity contribution is 0.560. The summed E-state index contributed by atoms with van der Waals surface area (Å²) in [5, 5.41) is 4.62. The summed E-state index contributed by atoms with van der Waals surface area (Å²) in [5.74, 6) is 0. The first-order valence-electron chi connectivity index (χ1n) is 6.87. The Hall–Kier alpha value is -0.610. The van der Waals surface area contributed by atoms with Gasteiger partial charge in [-0.05, 0) is 19.4 Å². The van der Waals surface area contributed by atoms with Crippen molar-refractivity contribution in [3.63, 3.8) is 0 Å². The SMILES string of the molecule is CCNCc1sc(N(C)C2CC2)nc1C(C)(C)C. The van der Waals surface area contributed by atoms with Crippen molar-refractivity contribution < 1.29 is 0 Å². The van der Waals surface area contributed by atoms with Crippen molar-refractivity contribution in [3.8, 4) is 0 Å². The number of nitrogens with zero attached hydrogens (tertiary/aromatic N) is 2. The normalized spacial score (nSPS) is 16.1. The van der Waals surface area contributed by atoms with Crippen molar-refractivity contribution in [1.82, 2.24) is 10.3 Å². The van der Waals surface area contributed by atoms with Crippen molar-refractivity contribution in [2.75, 3.05) is 18.5 Å². The Bertz CT molecular complexity index is 402. The zero-order chi connectivity index (χ0) is 13.3. The highest BCUT2D eigenvalue weighted by Gasteiger charge is 2.30. The minimum Gasteiger partial charge on any atom is -0.348 e. The third kappa shape index (κ3) is 3.04. The smallest absolute Gasteiger partial charge is 0.185 e. The summed E-state index contributed by atoms with van der Waals surface area (Å²) in [4.78, 5) is 8.65. The van der Waals surface area contributed by atoms with Crippen LogP contribution in [-0.4, -0.2) is 24.6 Å². The van der Waals surface area contributed by atoms with Crippen LogP contribution in [0.2, 0.25) is 0 Å². The fourth-order valence-electron chi connectivity index (χ4n) is 2.05. The quantitative estimate of drug-likeness (QED) is 0.888. The molecule has 1 saturated carbocycles. The zero-order valence-electron chi connectivity index (χ0n) is 12.2. The van der Waals surface area contributed by atoms with Crippen molar-refractivity contribution in [3.05, 3.63) is 10.6 Å². The molecule has 4 heteroatoms. The predicted octanol–water partition coefficient (Wildman–Crippen LogP) is 3.15. The van der Waals surface area contributed by atoms with Gasteiger partial charge in [-0.3, -0.25) is 0 Å². The first kappa shape index (κ1) is 13.8. The Labute approximate surface area is 115 Å². The van der Waals surface area contributed by atoms with E-state index in [-0.39, 0.29) is 5.41 Å². The molecule has 1 fully saturated rings. The number of thiazole rings is 1. The molecule has 0 saturated heterocycles. The van der Waals surface area contributed by atoms with E-state index in [0.717, 1.165) is 19.1 Å². The van der Waals surface area contributed by atoms with Crippen LogP contribution in [0.1, 0.15) is 51.1 Å². The molecule has 0 aliphatic heterocycles. The van der Waals surface area contributed by atoms with E-state index >= 15 is 0 Å². The molecule has 0 aromatic carbocycles. The largest absolute Gasteiger partial charge is 0.348 e. The molecule has 0 radical (unpaired) electrons. The molecule has 102 valence electrons. The van der Waals surface area contributed by atoms with E-state index in [9.17, 15) is 0 Å². The molecule has 0 bridgehead atoms. The molecule has 3 nitrogen and oxygen atoms in total. The monoisotopic (exact) mass is 267 g/mol. The molecule has 18 heavy (non-hydrogen) atoms. The van der Waals surface area contributed by atoms with E-state index < -0.39 is 0 Å². The molecule has 0 atom stereocenters. The Balaban J connectivity index is 2.24. The number of aromatic nitrogens is 1. The van der Waals surface area contributed by atoms with Crippen molar-refractivity contribution in [1.29, 1.82) is 0 Å². The van der Waals surface area contributed by atoms with Gasteiger partial charge in [0.15, 0.2) is 5.13 Å². The lowest BCUT2D eigenvalue weighted by atomic mass is 9.91. The van der Waals surface area contributed by atoms with Gasteiger partial charge in [-0.1, -0.05) is 27.7 Å². The second-order valence-electron chi connectivity index (χ2n) is 6.14. The maximum absolute atomic E-state index is 4.90. The highest BCUT2D eigenvalue weighted by molar-refractivity contribution is 7.15. The fraction of sp³-hybridized carbons (Fsp3) is 0.786. The van der Waals surface area contributed by atoms with E-state index in [1.54, 1.807) is 0 Å². The van der Waals surface area contributed by atoms with Gasteiger partial charge in [0, 0.05) is 29.9 Å². The second-order valence-corrected chi connectivity index (χ2v) is 7.20. The number of rotatable bonds is 5. The minimum atomic E-state index is 0.129. The summed E-state index contributed by atoms with van der Waals surface area (Å²) in [6.45, 7) is 10.8. The molecule has 2 rings (SSSR count). The summed E-state index contributed by atoms with van der Waals surface area (Å²) in [7, 11) is 2.18. The molecule has 1 aliphatic carbocycles. The topological polar surface area (TPSA) is 28.2 Å². The molecule has 1 aromatic heterocycles. The summed E-state index contributed by atoms with van der Waals surface area (Å²) in [6, 6.07) is 0.732. The lowest BCUT2D eigenvalue weighted by Crippen LogP contribution is -2.20. The maximum Gasteiger partial charge on any atom is 0.185 e. The first-order valence-corrected chi connectivity index (χ1v) is 7.69. The van der Waals surface area contributed by atoms with E-state index in [0.29, 0.717) is 0 Å². The van der Waals surface area contributed by atoms with E-state index in [2.05, 4.69) is 45.0 Å². The van der Waals surface area contributed by atoms with Gasteiger partial charge >= 0.3 is 0 Å². The van der Waals surface area contributed by atoms with Crippen LogP contribution < -0.4 is 10.2 Å². The van der Waals surface area contributed by atoms with E-state index in [1.165, 1.54) is 28.5 Å². The predicted molar refractivity (Wildman–Crippen MR) is 79.6 cm³/mol. The molecule has 1 aliphatic rings. The highest BCUT2D eigenvalue weighted by Crippen LogP contribution is 2.37. The maximum atomic E-state index is 4.90. The van der Waals surface area contributed by atoms with Crippen LogP contribution in [0.3, 0.4) is 0 Å². The van der Waals surface area contributed by atoms with Gasteiger partial charge in [0.25, 0.3) is 0 Å². The van der Waals surface area contributed by atoms with Crippen LogP contribution in [0.15, 0.2) is 0 Å². The van der Waals surface area contributed by atoms with Crippen LogP contribution >= 0.6 is 11.3 Å². The Kier molecular flexibility index (Phi) is 3.97. The molecule has 1 aromatic rings. The van der Waals surface area contributed by atoms with Crippen LogP contribution in [0.5, 0.6) is 0 Å². The van der Waals surface area contributed by atoms with Gasteiger partial charge in [-0.15, -0.1) is 11.3 Å². The molecule has 0 amide bonds. The van der Waals surface area contributed by atoms with E-state index in [1.807, 2.05) is 11.3 Å². The minimum absolute atomic E-state index is 0.129. The van der Waals surface area contributed by atoms with Gasteiger partial charge in [0.2, 0.25) is 0 Å². The van der Waals surface area contributed by atoms with Crippen molar-refractivity contribution in [2.24, 2.45) is 0 Å². The number of hydrogen-bond donors (Lipinski definition) is 1. The van der Waals surface area contributed by atoms with Crippen LogP contribution in [-0.2, 0) is 12.0 Å². The molecule has 1 N–H and O–H groups in total. The third-order valence-corrected chi connectivity index (χ3v) is 4.47.